The van der Waals surface area contributed by atoms with Gasteiger partial charge >= 0.3 is 0 Å². The first-order valence-electron chi connectivity index (χ1n) is 9.67. The molecule has 1 aliphatic carbocycles. The van der Waals surface area contributed by atoms with Crippen LogP contribution in [0.5, 0.6) is 0 Å². The molecule has 0 aliphatic heterocycles. The van der Waals surface area contributed by atoms with Gasteiger partial charge in [-0.05, 0) is 59.0 Å². The Morgan fingerprint density at radius 2 is 1.27 bits per heavy atom. The third-order valence-electron chi connectivity index (χ3n) is 5.59. The summed E-state index contributed by atoms with van der Waals surface area (Å²) in [7, 11) is -3.65. The van der Waals surface area contributed by atoms with Crippen LogP contribution < -0.4 is 0 Å². The molecule has 5 rings (SSSR count). The zero-order valence-corrected chi connectivity index (χ0v) is 17.1. The predicted octanol–water partition coefficient (Wildman–Crippen LogP) is 5.71. The number of hydrogen-bond acceptors (Lipinski definition) is 3. The van der Waals surface area contributed by atoms with Crippen molar-refractivity contribution in [3.63, 3.8) is 0 Å². The van der Waals surface area contributed by atoms with E-state index in [0.717, 1.165) is 27.8 Å². The van der Waals surface area contributed by atoms with Crippen LogP contribution in [0.4, 0.5) is 0 Å². The SMILES string of the molecule is Cc1ccc2c(c1-c1cccc(S(=O)(=O)c3ccccc3)c1)C(=O)c1ccccc1-2. The summed E-state index contributed by atoms with van der Waals surface area (Å²) >= 11 is 0. The van der Waals surface area contributed by atoms with Crippen molar-refractivity contribution in [2.24, 2.45) is 0 Å². The Morgan fingerprint density at radius 3 is 2.03 bits per heavy atom. The fraction of sp³-hybridized carbons (Fsp3) is 0.0385. The van der Waals surface area contributed by atoms with Crippen LogP contribution in [-0.2, 0) is 9.84 Å². The van der Waals surface area contributed by atoms with Gasteiger partial charge in [-0.1, -0.05) is 66.7 Å². The van der Waals surface area contributed by atoms with E-state index in [9.17, 15) is 13.2 Å². The van der Waals surface area contributed by atoms with Crippen LogP contribution in [0.2, 0.25) is 0 Å². The number of aryl methyl sites for hydroxylation is 1. The Kier molecular flexibility index (Phi) is 4.19. The van der Waals surface area contributed by atoms with Gasteiger partial charge in [0.2, 0.25) is 9.84 Å². The molecule has 0 spiro atoms. The van der Waals surface area contributed by atoms with Crippen molar-refractivity contribution in [3.05, 3.63) is 108 Å². The van der Waals surface area contributed by atoms with Crippen LogP contribution >= 0.6 is 0 Å². The molecule has 0 aromatic heterocycles. The molecule has 0 saturated heterocycles. The van der Waals surface area contributed by atoms with Crippen molar-refractivity contribution in [2.45, 2.75) is 16.7 Å². The van der Waals surface area contributed by atoms with Crippen LogP contribution in [0, 0.1) is 6.92 Å². The fourth-order valence-electron chi connectivity index (χ4n) is 4.14. The molecule has 1 aliphatic rings. The van der Waals surface area contributed by atoms with Crippen LogP contribution in [-0.4, -0.2) is 14.2 Å². The van der Waals surface area contributed by atoms with Gasteiger partial charge in [0.1, 0.15) is 0 Å². The van der Waals surface area contributed by atoms with Gasteiger partial charge in [-0.2, -0.15) is 0 Å². The minimum atomic E-state index is -3.65. The molecule has 0 amide bonds. The van der Waals surface area contributed by atoms with Crippen molar-refractivity contribution < 1.29 is 13.2 Å². The third-order valence-corrected chi connectivity index (χ3v) is 7.36. The van der Waals surface area contributed by atoms with E-state index in [1.807, 2.05) is 49.4 Å². The highest BCUT2D eigenvalue weighted by Crippen LogP contribution is 2.43. The number of ketones is 1. The summed E-state index contributed by atoms with van der Waals surface area (Å²) in [4.78, 5) is 13.7. The monoisotopic (exact) mass is 410 g/mol. The van der Waals surface area contributed by atoms with Crippen molar-refractivity contribution >= 4 is 15.6 Å². The van der Waals surface area contributed by atoms with Crippen molar-refractivity contribution in [3.8, 4) is 22.3 Å². The van der Waals surface area contributed by atoms with E-state index in [4.69, 9.17) is 0 Å². The van der Waals surface area contributed by atoms with E-state index >= 15 is 0 Å². The Labute approximate surface area is 175 Å². The summed E-state index contributed by atoms with van der Waals surface area (Å²) in [6.07, 6.45) is 0. The lowest BCUT2D eigenvalue weighted by molar-refractivity contribution is 0.104. The average Bonchev–Trinajstić information content (AvgIpc) is 3.07. The standard InChI is InChI=1S/C26H18O3S/c1-17-14-15-22-21-12-5-6-13-23(21)26(27)25(22)24(17)18-8-7-11-20(16-18)30(28,29)19-9-3-2-4-10-19/h2-16H,1H3. The molecule has 30 heavy (non-hydrogen) atoms. The first kappa shape index (κ1) is 18.5. The number of hydrogen-bond donors (Lipinski definition) is 0. The summed E-state index contributed by atoms with van der Waals surface area (Å²) in [5.74, 6) is -0.0179. The van der Waals surface area contributed by atoms with Crippen LogP contribution in [0.15, 0.2) is 101 Å². The summed E-state index contributed by atoms with van der Waals surface area (Å²) in [5, 5.41) is 0. The van der Waals surface area contributed by atoms with E-state index in [-0.39, 0.29) is 15.6 Å². The zero-order chi connectivity index (χ0) is 20.9. The second-order valence-electron chi connectivity index (χ2n) is 7.40. The van der Waals surface area contributed by atoms with Gasteiger partial charge in [-0.3, -0.25) is 4.79 Å². The van der Waals surface area contributed by atoms with E-state index < -0.39 is 9.84 Å². The van der Waals surface area contributed by atoms with Gasteiger partial charge in [0, 0.05) is 11.1 Å². The highest BCUT2D eigenvalue weighted by Gasteiger charge is 2.30. The molecule has 0 atom stereocenters. The number of carbonyl (C=O) groups excluding carboxylic acids is 1. The van der Waals surface area contributed by atoms with E-state index in [1.165, 1.54) is 0 Å². The van der Waals surface area contributed by atoms with Gasteiger partial charge in [0.15, 0.2) is 5.78 Å². The molecule has 4 heteroatoms. The Balaban J connectivity index is 1.71. The summed E-state index contributed by atoms with van der Waals surface area (Å²) < 4.78 is 26.2. The number of fused-ring (bicyclic) bond motifs is 3. The van der Waals surface area contributed by atoms with Gasteiger partial charge < -0.3 is 0 Å². The molecule has 0 saturated carbocycles. The second-order valence-corrected chi connectivity index (χ2v) is 9.35. The number of carbonyl (C=O) groups is 1. The Morgan fingerprint density at radius 1 is 0.600 bits per heavy atom. The van der Waals surface area contributed by atoms with Crippen molar-refractivity contribution in [1.82, 2.24) is 0 Å². The maximum Gasteiger partial charge on any atom is 0.206 e. The molecule has 0 radical (unpaired) electrons. The van der Waals surface area contributed by atoms with Crippen LogP contribution in [0.3, 0.4) is 0 Å². The Hall–Kier alpha value is -3.50. The summed E-state index contributed by atoms with van der Waals surface area (Å²) in [6.45, 7) is 1.95. The summed E-state index contributed by atoms with van der Waals surface area (Å²) in [5.41, 5.74) is 5.60. The van der Waals surface area contributed by atoms with Crippen LogP contribution in [0.25, 0.3) is 22.3 Å². The first-order valence-corrected chi connectivity index (χ1v) is 11.1. The number of sulfone groups is 1. The fourth-order valence-corrected chi connectivity index (χ4v) is 5.47. The molecule has 3 nitrogen and oxygen atoms in total. The molecule has 4 aromatic rings. The molecule has 146 valence electrons. The number of benzene rings is 4. The quantitative estimate of drug-likeness (QED) is 0.383. The molecule has 4 aromatic carbocycles. The zero-order valence-electron chi connectivity index (χ0n) is 16.3. The van der Waals surface area contributed by atoms with Gasteiger partial charge in [0.25, 0.3) is 0 Å². The first-order chi connectivity index (χ1) is 14.5. The molecular formula is C26H18O3S. The van der Waals surface area contributed by atoms with E-state index in [2.05, 4.69) is 0 Å². The molecule has 0 heterocycles. The minimum absolute atomic E-state index is 0.0179. The normalized spacial score (nSPS) is 12.5. The summed E-state index contributed by atoms with van der Waals surface area (Å²) in [6, 6.07) is 26.8. The van der Waals surface area contributed by atoms with Crippen molar-refractivity contribution in [1.29, 1.82) is 0 Å². The molecular weight excluding hydrogens is 392 g/mol. The third kappa shape index (κ3) is 2.72. The topological polar surface area (TPSA) is 51.2 Å². The largest absolute Gasteiger partial charge is 0.289 e. The maximum absolute atomic E-state index is 13.2. The highest BCUT2D eigenvalue weighted by molar-refractivity contribution is 7.91. The van der Waals surface area contributed by atoms with Crippen molar-refractivity contribution in [2.75, 3.05) is 0 Å². The lowest BCUT2D eigenvalue weighted by Crippen LogP contribution is -2.03. The van der Waals surface area contributed by atoms with Crippen LogP contribution in [0.1, 0.15) is 21.5 Å². The van der Waals surface area contributed by atoms with Gasteiger partial charge in [-0.15, -0.1) is 0 Å². The Bertz CT molecular complexity index is 1420. The minimum Gasteiger partial charge on any atom is -0.289 e. The highest BCUT2D eigenvalue weighted by atomic mass is 32.2. The molecule has 0 fully saturated rings. The van der Waals surface area contributed by atoms with Gasteiger partial charge in [-0.25, -0.2) is 8.42 Å². The lowest BCUT2D eigenvalue weighted by Gasteiger charge is -2.13. The number of rotatable bonds is 3. The van der Waals surface area contributed by atoms with E-state index in [1.54, 1.807) is 48.5 Å². The van der Waals surface area contributed by atoms with Gasteiger partial charge in [0.05, 0.1) is 9.79 Å². The second kappa shape index (κ2) is 6.78. The molecule has 0 bridgehead atoms. The van der Waals surface area contributed by atoms with E-state index in [0.29, 0.717) is 11.1 Å². The smallest absolute Gasteiger partial charge is 0.206 e. The predicted molar refractivity (Wildman–Crippen MR) is 117 cm³/mol. The molecule has 0 N–H and O–H groups in total. The lowest BCUT2D eigenvalue weighted by atomic mass is 9.91. The average molecular weight is 410 g/mol. The molecule has 0 unspecified atom stereocenters. The maximum atomic E-state index is 13.2.